The van der Waals surface area contributed by atoms with Crippen molar-refractivity contribution in [2.24, 2.45) is 5.92 Å². The van der Waals surface area contributed by atoms with Gasteiger partial charge in [-0.15, -0.1) is 0 Å². The molecular weight excluding hydrogens is 410 g/mol. The number of ether oxygens (including phenoxy) is 1. The largest absolute Gasteiger partial charge is 0.379 e. The standard InChI is InChI=1S/C28H33N3O2/c1-21-7-12-26-24(19-21)20-27(22-5-3-2-4-6-22)31(26)25-10-8-23(9-11-25)28(32)29-13-14-30-15-17-33-18-16-30/h2-6,8-11,20-21H,7,12-19H2,1H3,(H,29,32). The van der Waals surface area contributed by atoms with Crippen molar-refractivity contribution >= 4 is 5.91 Å². The number of hydrogen-bond donors (Lipinski definition) is 1. The fraction of sp³-hybridized carbons (Fsp3) is 0.393. The zero-order valence-electron chi connectivity index (χ0n) is 19.4. The van der Waals surface area contributed by atoms with Gasteiger partial charge in [0.2, 0.25) is 0 Å². The number of nitrogens with one attached hydrogen (secondary N) is 1. The lowest BCUT2D eigenvalue weighted by molar-refractivity contribution is 0.0383. The molecule has 0 saturated carbocycles. The van der Waals surface area contributed by atoms with Crippen LogP contribution < -0.4 is 5.32 Å². The number of aromatic nitrogens is 1. The third kappa shape index (κ3) is 4.90. The Labute approximate surface area is 196 Å². The van der Waals surface area contributed by atoms with E-state index >= 15 is 0 Å². The van der Waals surface area contributed by atoms with Gasteiger partial charge in [-0.25, -0.2) is 0 Å². The van der Waals surface area contributed by atoms with E-state index in [1.165, 1.54) is 28.9 Å². The van der Waals surface area contributed by atoms with E-state index in [0.29, 0.717) is 12.1 Å². The Balaban J connectivity index is 1.35. The fourth-order valence-electron chi connectivity index (χ4n) is 5.04. The number of nitrogens with zero attached hydrogens (tertiary/aromatic N) is 2. The Hall–Kier alpha value is -2.89. The van der Waals surface area contributed by atoms with Crippen molar-refractivity contribution in [2.75, 3.05) is 39.4 Å². The van der Waals surface area contributed by atoms with Gasteiger partial charge >= 0.3 is 0 Å². The van der Waals surface area contributed by atoms with Crippen molar-refractivity contribution in [2.45, 2.75) is 26.2 Å². The molecule has 0 radical (unpaired) electrons. The summed E-state index contributed by atoms with van der Waals surface area (Å²) in [7, 11) is 0. The Kier molecular flexibility index (Phi) is 6.60. The van der Waals surface area contributed by atoms with Crippen molar-refractivity contribution in [3.05, 3.63) is 77.5 Å². The maximum atomic E-state index is 12.7. The average Bonchev–Trinajstić information content (AvgIpc) is 3.24. The highest BCUT2D eigenvalue weighted by Gasteiger charge is 2.23. The van der Waals surface area contributed by atoms with Crippen LogP contribution in [0.2, 0.25) is 0 Å². The maximum absolute atomic E-state index is 12.7. The van der Waals surface area contributed by atoms with E-state index in [9.17, 15) is 4.79 Å². The van der Waals surface area contributed by atoms with E-state index in [0.717, 1.165) is 57.3 Å². The van der Waals surface area contributed by atoms with Gasteiger partial charge in [0.05, 0.1) is 18.9 Å². The Morgan fingerprint density at radius 3 is 2.58 bits per heavy atom. The van der Waals surface area contributed by atoms with Crippen LogP contribution in [0.25, 0.3) is 16.9 Å². The molecular formula is C28H33N3O2. The first kappa shape index (κ1) is 21.9. The zero-order chi connectivity index (χ0) is 22.6. The molecule has 1 atom stereocenters. The third-order valence-electron chi connectivity index (χ3n) is 6.91. The van der Waals surface area contributed by atoms with Crippen LogP contribution in [0.1, 0.15) is 35.0 Å². The molecule has 1 aliphatic carbocycles. The minimum absolute atomic E-state index is 0.0125. The number of amides is 1. The Morgan fingerprint density at radius 2 is 1.82 bits per heavy atom. The number of fused-ring (bicyclic) bond motifs is 1. The molecule has 1 saturated heterocycles. The SMILES string of the molecule is CC1CCc2c(cc(-c3ccccc3)n2-c2ccc(C(=O)NCCN3CCOCC3)cc2)C1. The molecule has 172 valence electrons. The zero-order valence-corrected chi connectivity index (χ0v) is 19.4. The third-order valence-corrected chi connectivity index (χ3v) is 6.91. The summed E-state index contributed by atoms with van der Waals surface area (Å²) in [5.41, 5.74) is 7.15. The van der Waals surface area contributed by atoms with Crippen LogP contribution in [0.3, 0.4) is 0 Å². The lowest BCUT2D eigenvalue weighted by atomic mass is 9.89. The predicted octanol–water partition coefficient (Wildman–Crippen LogP) is 4.33. The van der Waals surface area contributed by atoms with E-state index in [4.69, 9.17) is 4.74 Å². The second-order valence-corrected chi connectivity index (χ2v) is 9.31. The smallest absolute Gasteiger partial charge is 0.251 e. The molecule has 1 fully saturated rings. The van der Waals surface area contributed by atoms with Crippen LogP contribution in [-0.2, 0) is 17.6 Å². The first-order valence-electron chi connectivity index (χ1n) is 12.2. The van der Waals surface area contributed by atoms with E-state index < -0.39 is 0 Å². The molecule has 2 aromatic carbocycles. The Bertz CT molecular complexity index is 1080. The number of carbonyl (C=O) groups is 1. The van der Waals surface area contributed by atoms with Gasteiger partial charge in [-0.05, 0) is 66.6 Å². The van der Waals surface area contributed by atoms with E-state index in [2.05, 4.69) is 70.2 Å². The van der Waals surface area contributed by atoms with Crippen molar-refractivity contribution in [1.82, 2.24) is 14.8 Å². The van der Waals surface area contributed by atoms with Gasteiger partial charge in [-0.3, -0.25) is 9.69 Å². The van der Waals surface area contributed by atoms with Crippen molar-refractivity contribution < 1.29 is 9.53 Å². The van der Waals surface area contributed by atoms with Crippen LogP contribution in [0.15, 0.2) is 60.7 Å². The molecule has 1 unspecified atom stereocenters. The second kappa shape index (κ2) is 9.94. The molecule has 0 bridgehead atoms. The van der Waals surface area contributed by atoms with Gasteiger partial charge in [-0.1, -0.05) is 37.3 Å². The van der Waals surface area contributed by atoms with Crippen LogP contribution >= 0.6 is 0 Å². The van der Waals surface area contributed by atoms with Gasteiger partial charge in [0.1, 0.15) is 0 Å². The molecule has 33 heavy (non-hydrogen) atoms. The topological polar surface area (TPSA) is 46.5 Å². The first-order chi connectivity index (χ1) is 16.2. The quantitative estimate of drug-likeness (QED) is 0.617. The first-order valence-corrected chi connectivity index (χ1v) is 12.2. The molecule has 1 amide bonds. The van der Waals surface area contributed by atoms with Crippen molar-refractivity contribution in [3.8, 4) is 16.9 Å². The molecule has 1 N–H and O–H groups in total. The predicted molar refractivity (Wildman–Crippen MR) is 132 cm³/mol. The minimum Gasteiger partial charge on any atom is -0.379 e. The van der Waals surface area contributed by atoms with E-state index in [-0.39, 0.29) is 5.91 Å². The highest BCUT2D eigenvalue weighted by atomic mass is 16.5. The van der Waals surface area contributed by atoms with Crippen molar-refractivity contribution in [3.63, 3.8) is 0 Å². The van der Waals surface area contributed by atoms with Crippen LogP contribution in [-0.4, -0.2) is 54.8 Å². The van der Waals surface area contributed by atoms with Gasteiger partial charge in [0.25, 0.3) is 5.91 Å². The second-order valence-electron chi connectivity index (χ2n) is 9.31. The summed E-state index contributed by atoms with van der Waals surface area (Å²) in [6.45, 7) is 7.30. The number of benzene rings is 2. The number of rotatable bonds is 6. The normalized spacial score (nSPS) is 18.6. The molecule has 3 aromatic rings. The van der Waals surface area contributed by atoms with Gasteiger partial charge in [-0.2, -0.15) is 0 Å². The maximum Gasteiger partial charge on any atom is 0.251 e. The molecule has 1 aliphatic heterocycles. The lowest BCUT2D eigenvalue weighted by Gasteiger charge is -2.26. The highest BCUT2D eigenvalue weighted by Crippen LogP contribution is 2.35. The summed E-state index contributed by atoms with van der Waals surface area (Å²) < 4.78 is 7.78. The molecule has 5 nitrogen and oxygen atoms in total. The van der Waals surface area contributed by atoms with Crippen LogP contribution in [0, 0.1) is 5.92 Å². The Morgan fingerprint density at radius 1 is 1.06 bits per heavy atom. The van der Waals surface area contributed by atoms with Crippen molar-refractivity contribution in [1.29, 1.82) is 0 Å². The van der Waals surface area contributed by atoms with Gasteiger partial charge < -0.3 is 14.6 Å². The summed E-state index contributed by atoms with van der Waals surface area (Å²) in [6.07, 6.45) is 3.44. The summed E-state index contributed by atoms with van der Waals surface area (Å²) in [6, 6.07) is 21.0. The summed E-state index contributed by atoms with van der Waals surface area (Å²) in [5.74, 6) is 0.710. The molecule has 2 heterocycles. The average molecular weight is 444 g/mol. The summed E-state index contributed by atoms with van der Waals surface area (Å²) >= 11 is 0. The van der Waals surface area contributed by atoms with Gasteiger partial charge in [0, 0.05) is 43.1 Å². The van der Waals surface area contributed by atoms with E-state index in [1.54, 1.807) is 0 Å². The molecule has 2 aliphatic rings. The molecule has 0 spiro atoms. The summed E-state index contributed by atoms with van der Waals surface area (Å²) in [5, 5.41) is 3.06. The lowest BCUT2D eigenvalue weighted by Crippen LogP contribution is -2.41. The van der Waals surface area contributed by atoms with Crippen LogP contribution in [0.4, 0.5) is 0 Å². The van der Waals surface area contributed by atoms with E-state index in [1.807, 2.05) is 12.1 Å². The number of morpholine rings is 1. The minimum atomic E-state index is -0.0125. The molecule has 5 rings (SSSR count). The molecule has 5 heteroatoms. The number of hydrogen-bond acceptors (Lipinski definition) is 3. The molecule has 1 aromatic heterocycles. The fourth-order valence-corrected chi connectivity index (χ4v) is 5.04. The highest BCUT2D eigenvalue weighted by molar-refractivity contribution is 5.94. The monoisotopic (exact) mass is 443 g/mol. The van der Waals surface area contributed by atoms with Gasteiger partial charge in [0.15, 0.2) is 0 Å². The number of carbonyl (C=O) groups excluding carboxylic acids is 1. The van der Waals surface area contributed by atoms with Crippen LogP contribution in [0.5, 0.6) is 0 Å². The summed E-state index contributed by atoms with van der Waals surface area (Å²) in [4.78, 5) is 15.0.